The standard InChI is InChI=1S/C15H26Cl2N4O.HI/c1-5-15(3,10-22)9-20-14(18-6-2)19-8-11-7-12(16)13(17)21(11)4;/h7,22H,5-6,8-10H2,1-4H3,(H2,18,19,20);1H. The first-order valence-corrected chi connectivity index (χ1v) is 8.25. The highest BCUT2D eigenvalue weighted by Crippen LogP contribution is 2.25. The molecule has 134 valence electrons. The molecule has 0 fully saturated rings. The van der Waals surface area contributed by atoms with Crippen molar-refractivity contribution in [2.24, 2.45) is 17.5 Å². The Balaban J connectivity index is 0.00000484. The van der Waals surface area contributed by atoms with Gasteiger partial charge in [-0.3, -0.25) is 0 Å². The van der Waals surface area contributed by atoms with E-state index in [1.165, 1.54) is 0 Å². The van der Waals surface area contributed by atoms with Crippen molar-refractivity contribution in [3.8, 4) is 0 Å². The average Bonchev–Trinajstić information content (AvgIpc) is 2.77. The van der Waals surface area contributed by atoms with Crippen LogP contribution in [0.3, 0.4) is 0 Å². The monoisotopic (exact) mass is 476 g/mol. The fourth-order valence-electron chi connectivity index (χ4n) is 1.83. The lowest BCUT2D eigenvalue weighted by Gasteiger charge is -2.26. The minimum atomic E-state index is -0.159. The van der Waals surface area contributed by atoms with Crippen molar-refractivity contribution in [2.75, 3.05) is 19.7 Å². The summed E-state index contributed by atoms with van der Waals surface area (Å²) in [5.41, 5.74) is 0.779. The molecule has 1 rings (SSSR count). The molecule has 5 nitrogen and oxygen atoms in total. The van der Waals surface area contributed by atoms with Crippen LogP contribution in [0.15, 0.2) is 11.1 Å². The number of hydrogen-bond donors (Lipinski definition) is 3. The lowest BCUT2D eigenvalue weighted by Crippen LogP contribution is -2.44. The maximum atomic E-state index is 9.47. The molecule has 1 unspecified atom stereocenters. The van der Waals surface area contributed by atoms with Crippen molar-refractivity contribution < 1.29 is 5.11 Å². The second kappa shape index (κ2) is 10.6. The second-order valence-corrected chi connectivity index (χ2v) is 6.47. The summed E-state index contributed by atoms with van der Waals surface area (Å²) in [6, 6.07) is 1.82. The zero-order chi connectivity index (χ0) is 16.8. The van der Waals surface area contributed by atoms with E-state index in [2.05, 4.69) is 22.5 Å². The predicted octanol–water partition coefficient (Wildman–Crippen LogP) is 3.41. The number of nitrogens with one attached hydrogen (secondary N) is 2. The fourth-order valence-corrected chi connectivity index (χ4v) is 2.25. The number of guanidine groups is 1. The van der Waals surface area contributed by atoms with Crippen LogP contribution in [0.1, 0.15) is 32.9 Å². The Morgan fingerprint density at radius 3 is 2.43 bits per heavy atom. The summed E-state index contributed by atoms with van der Waals surface area (Å²) in [7, 11) is 1.86. The van der Waals surface area contributed by atoms with Gasteiger partial charge < -0.3 is 20.3 Å². The molecule has 0 aliphatic carbocycles. The van der Waals surface area contributed by atoms with E-state index in [0.717, 1.165) is 18.7 Å². The van der Waals surface area contributed by atoms with Crippen molar-refractivity contribution >= 4 is 53.1 Å². The van der Waals surface area contributed by atoms with Crippen LogP contribution >= 0.6 is 47.2 Å². The van der Waals surface area contributed by atoms with E-state index in [1.807, 2.05) is 31.5 Å². The summed E-state index contributed by atoms with van der Waals surface area (Å²) < 4.78 is 1.82. The molecule has 3 N–H and O–H groups in total. The predicted molar refractivity (Wildman–Crippen MR) is 109 cm³/mol. The third-order valence-electron chi connectivity index (χ3n) is 3.88. The van der Waals surface area contributed by atoms with Crippen LogP contribution in [0.5, 0.6) is 0 Å². The number of aliphatic hydroxyl groups is 1. The normalized spacial score (nSPS) is 14.1. The van der Waals surface area contributed by atoms with Gasteiger partial charge in [0.15, 0.2) is 5.96 Å². The Morgan fingerprint density at radius 2 is 2.00 bits per heavy atom. The molecule has 0 aliphatic rings. The molecule has 0 aromatic carbocycles. The molecule has 23 heavy (non-hydrogen) atoms. The number of halogens is 3. The zero-order valence-electron chi connectivity index (χ0n) is 14.1. The molecule has 0 spiro atoms. The molecule has 0 aliphatic heterocycles. The van der Waals surface area contributed by atoms with E-state index in [-0.39, 0.29) is 36.0 Å². The lowest BCUT2D eigenvalue weighted by molar-refractivity contribution is 0.140. The van der Waals surface area contributed by atoms with Crippen molar-refractivity contribution in [3.63, 3.8) is 0 Å². The van der Waals surface area contributed by atoms with Gasteiger partial charge in [0.05, 0.1) is 18.2 Å². The molecule has 0 bridgehead atoms. The second-order valence-electron chi connectivity index (χ2n) is 5.70. The quantitative estimate of drug-likeness (QED) is 0.321. The van der Waals surface area contributed by atoms with Gasteiger partial charge in [-0.1, -0.05) is 37.0 Å². The fraction of sp³-hybridized carbons (Fsp3) is 0.667. The molecule has 0 amide bonds. The smallest absolute Gasteiger partial charge is 0.191 e. The first-order valence-electron chi connectivity index (χ1n) is 7.49. The third kappa shape index (κ3) is 6.68. The van der Waals surface area contributed by atoms with Crippen LogP contribution in [-0.4, -0.2) is 35.3 Å². The van der Waals surface area contributed by atoms with Crippen LogP contribution in [0.4, 0.5) is 0 Å². The minimum absolute atomic E-state index is 0. The van der Waals surface area contributed by atoms with Gasteiger partial charge >= 0.3 is 0 Å². The van der Waals surface area contributed by atoms with Crippen molar-refractivity contribution in [1.29, 1.82) is 0 Å². The summed E-state index contributed by atoms with van der Waals surface area (Å²) in [5, 5.41) is 17.0. The Morgan fingerprint density at radius 1 is 1.35 bits per heavy atom. The van der Waals surface area contributed by atoms with Crippen molar-refractivity contribution in [3.05, 3.63) is 21.9 Å². The first-order chi connectivity index (χ1) is 10.4. The molecule has 8 heteroatoms. The highest BCUT2D eigenvalue weighted by Gasteiger charge is 2.21. The molecule has 1 heterocycles. The van der Waals surface area contributed by atoms with Crippen LogP contribution in [0.25, 0.3) is 0 Å². The largest absolute Gasteiger partial charge is 0.396 e. The van der Waals surface area contributed by atoms with E-state index in [0.29, 0.717) is 29.2 Å². The van der Waals surface area contributed by atoms with Gasteiger partial charge in [-0.25, -0.2) is 4.99 Å². The number of aliphatic imine (C=N–C) groups is 1. The van der Waals surface area contributed by atoms with Crippen LogP contribution in [0.2, 0.25) is 10.2 Å². The molecule has 0 saturated carbocycles. The lowest BCUT2D eigenvalue weighted by atomic mass is 9.89. The molecule has 1 aromatic heterocycles. The molecule has 0 radical (unpaired) electrons. The van der Waals surface area contributed by atoms with Crippen LogP contribution in [-0.2, 0) is 13.6 Å². The molecule has 1 aromatic rings. The minimum Gasteiger partial charge on any atom is -0.396 e. The average molecular weight is 477 g/mol. The molecule has 1 atom stereocenters. The molecular weight excluding hydrogens is 450 g/mol. The molecular formula is C15H27Cl2IN4O. The van der Waals surface area contributed by atoms with Gasteiger partial charge in [0, 0.05) is 31.2 Å². The summed E-state index contributed by atoms with van der Waals surface area (Å²) >= 11 is 12.1. The maximum absolute atomic E-state index is 9.47. The zero-order valence-corrected chi connectivity index (χ0v) is 18.0. The van der Waals surface area contributed by atoms with Crippen molar-refractivity contribution in [1.82, 2.24) is 15.2 Å². The van der Waals surface area contributed by atoms with Gasteiger partial charge in [-0.15, -0.1) is 24.0 Å². The number of aliphatic hydroxyl groups excluding tert-OH is 1. The Bertz CT molecular complexity index is 516. The number of rotatable bonds is 7. The van der Waals surface area contributed by atoms with Gasteiger partial charge in [-0.2, -0.15) is 0 Å². The van der Waals surface area contributed by atoms with Gasteiger partial charge in [0.2, 0.25) is 0 Å². The molecule has 0 saturated heterocycles. The topological polar surface area (TPSA) is 61.6 Å². The highest BCUT2D eigenvalue weighted by molar-refractivity contribution is 14.0. The van der Waals surface area contributed by atoms with E-state index >= 15 is 0 Å². The van der Waals surface area contributed by atoms with Crippen molar-refractivity contribution in [2.45, 2.75) is 33.7 Å². The summed E-state index contributed by atoms with van der Waals surface area (Å²) in [6.07, 6.45) is 0.888. The SMILES string of the molecule is CCNC(=NCc1cc(Cl)c(Cl)n1C)NCC(C)(CC)CO.I. The Hall–Kier alpha value is -0.180. The number of aromatic nitrogens is 1. The summed E-state index contributed by atoms with van der Waals surface area (Å²) in [4.78, 5) is 4.55. The van der Waals surface area contributed by atoms with E-state index in [1.54, 1.807) is 0 Å². The number of hydrogen-bond acceptors (Lipinski definition) is 2. The summed E-state index contributed by atoms with van der Waals surface area (Å²) in [5.74, 6) is 0.712. The Labute approximate surface area is 165 Å². The van der Waals surface area contributed by atoms with E-state index in [4.69, 9.17) is 23.2 Å². The highest BCUT2D eigenvalue weighted by atomic mass is 127. The third-order valence-corrected chi connectivity index (χ3v) is 4.72. The summed E-state index contributed by atoms with van der Waals surface area (Å²) in [6.45, 7) is 8.15. The van der Waals surface area contributed by atoms with Crippen LogP contribution < -0.4 is 10.6 Å². The first kappa shape index (κ1) is 22.8. The Kier molecular flexibility index (Phi) is 10.6. The van der Waals surface area contributed by atoms with Gasteiger partial charge in [0.25, 0.3) is 0 Å². The van der Waals surface area contributed by atoms with Crippen LogP contribution in [0, 0.1) is 5.41 Å². The number of nitrogens with zero attached hydrogens (tertiary/aromatic N) is 2. The maximum Gasteiger partial charge on any atom is 0.191 e. The van der Waals surface area contributed by atoms with Gasteiger partial charge in [-0.05, 0) is 19.4 Å². The van der Waals surface area contributed by atoms with E-state index in [9.17, 15) is 5.11 Å². The van der Waals surface area contributed by atoms with Gasteiger partial charge in [0.1, 0.15) is 5.15 Å². The van der Waals surface area contributed by atoms with E-state index < -0.39 is 0 Å².